The van der Waals surface area contributed by atoms with Gasteiger partial charge in [-0.05, 0) is 67.9 Å². The summed E-state index contributed by atoms with van der Waals surface area (Å²) in [6.45, 7) is 7.83. The van der Waals surface area contributed by atoms with Crippen molar-refractivity contribution in [3.8, 4) is 11.5 Å². The number of carbonyl (C=O) groups is 2. The Kier molecular flexibility index (Phi) is 8.16. The third kappa shape index (κ3) is 5.34. The maximum atomic E-state index is 13.8. The van der Waals surface area contributed by atoms with Gasteiger partial charge in [-0.2, -0.15) is 0 Å². The molecule has 0 spiro atoms. The number of ether oxygens (including phenoxy) is 3. The van der Waals surface area contributed by atoms with Gasteiger partial charge in [-0.25, -0.2) is 4.79 Å². The van der Waals surface area contributed by atoms with Crippen molar-refractivity contribution in [2.75, 3.05) is 14.2 Å². The predicted molar refractivity (Wildman–Crippen MR) is 145 cm³/mol. The van der Waals surface area contributed by atoms with Crippen LogP contribution in [0.2, 0.25) is 0 Å². The van der Waals surface area contributed by atoms with Crippen LogP contribution in [-0.2, 0) is 20.7 Å². The molecule has 1 aliphatic heterocycles. The van der Waals surface area contributed by atoms with Crippen molar-refractivity contribution in [2.24, 2.45) is 10.9 Å². The van der Waals surface area contributed by atoms with E-state index >= 15 is 0 Å². The lowest BCUT2D eigenvalue weighted by molar-refractivity contribution is -0.144. The maximum Gasteiger partial charge on any atom is 0.336 e. The van der Waals surface area contributed by atoms with Crippen LogP contribution in [0.1, 0.15) is 75.5 Å². The fourth-order valence-electron chi connectivity index (χ4n) is 5.43. The van der Waals surface area contributed by atoms with Crippen LogP contribution in [-0.4, -0.2) is 37.8 Å². The average Bonchev–Trinajstić information content (AvgIpc) is 2.91. The molecule has 196 valence electrons. The van der Waals surface area contributed by atoms with E-state index in [1.54, 1.807) is 14.2 Å². The molecule has 2 aromatic rings. The number of hydrogen-bond donors (Lipinski definition) is 0. The minimum absolute atomic E-state index is 0.0214. The van der Waals surface area contributed by atoms with Gasteiger partial charge in [0.05, 0.1) is 31.8 Å². The molecule has 1 fully saturated rings. The second kappa shape index (κ2) is 11.3. The molecule has 1 aliphatic carbocycles. The molecule has 6 heteroatoms. The van der Waals surface area contributed by atoms with Gasteiger partial charge in [0, 0.05) is 23.7 Å². The molecule has 4 atom stereocenters. The number of benzene rings is 2. The number of carbonyl (C=O) groups excluding carboxylic acids is 2. The first-order chi connectivity index (χ1) is 17.8. The van der Waals surface area contributed by atoms with Gasteiger partial charge in [0.25, 0.3) is 0 Å². The number of aryl methyl sites for hydroxylation is 1. The Morgan fingerprint density at radius 2 is 1.65 bits per heavy atom. The van der Waals surface area contributed by atoms with Gasteiger partial charge >= 0.3 is 5.97 Å². The molecule has 2 aromatic carbocycles. The monoisotopic (exact) mass is 503 g/mol. The molecule has 1 heterocycles. The summed E-state index contributed by atoms with van der Waals surface area (Å²) < 4.78 is 16.6. The molecule has 0 radical (unpaired) electrons. The highest BCUT2D eigenvalue weighted by Gasteiger charge is 2.46. The Bertz CT molecular complexity index is 1230. The molecular formula is C31H37NO5. The summed E-state index contributed by atoms with van der Waals surface area (Å²) in [6.07, 6.45) is 2.44. The number of allylic oxidation sites excluding steroid dienone is 1. The second-order valence-electron chi connectivity index (χ2n) is 9.96. The number of fused-ring (bicyclic) bond motifs is 1. The first kappa shape index (κ1) is 26.6. The molecule has 1 saturated carbocycles. The molecule has 0 amide bonds. The molecule has 2 aliphatic rings. The summed E-state index contributed by atoms with van der Waals surface area (Å²) in [4.78, 5) is 32.1. The van der Waals surface area contributed by atoms with Crippen molar-refractivity contribution >= 4 is 17.5 Å². The van der Waals surface area contributed by atoms with E-state index in [1.807, 2.05) is 51.1 Å². The molecule has 0 saturated heterocycles. The molecule has 37 heavy (non-hydrogen) atoms. The molecule has 6 nitrogen and oxygen atoms in total. The largest absolute Gasteiger partial charge is 0.493 e. The van der Waals surface area contributed by atoms with E-state index in [2.05, 4.69) is 19.1 Å². The average molecular weight is 504 g/mol. The van der Waals surface area contributed by atoms with E-state index in [0.717, 1.165) is 29.7 Å². The third-order valence-corrected chi connectivity index (χ3v) is 7.68. The van der Waals surface area contributed by atoms with Crippen molar-refractivity contribution in [2.45, 2.75) is 71.3 Å². The van der Waals surface area contributed by atoms with E-state index in [4.69, 9.17) is 19.2 Å². The van der Waals surface area contributed by atoms with Crippen LogP contribution in [0.25, 0.3) is 0 Å². The van der Waals surface area contributed by atoms with Crippen molar-refractivity contribution in [1.82, 2.24) is 0 Å². The zero-order valence-corrected chi connectivity index (χ0v) is 22.7. The lowest BCUT2D eigenvalue weighted by atomic mass is 9.66. The highest BCUT2D eigenvalue weighted by molar-refractivity contribution is 6.12. The number of ketones is 1. The van der Waals surface area contributed by atoms with Crippen LogP contribution in [0.5, 0.6) is 11.5 Å². The van der Waals surface area contributed by atoms with E-state index in [1.165, 1.54) is 5.56 Å². The van der Waals surface area contributed by atoms with Crippen molar-refractivity contribution < 1.29 is 23.8 Å². The van der Waals surface area contributed by atoms with Crippen LogP contribution in [0.3, 0.4) is 0 Å². The van der Waals surface area contributed by atoms with E-state index in [0.29, 0.717) is 35.6 Å². The second-order valence-corrected chi connectivity index (χ2v) is 9.96. The SMILES string of the molecule is CCc1ccc([C@H]2C(C(=O)O[C@@H](C)CC)=C(C)N=C3C[C@H](c4ccc(OC)c(OC)c4)CC(=O)C32)cc1. The van der Waals surface area contributed by atoms with Gasteiger partial charge in [-0.3, -0.25) is 9.79 Å². The van der Waals surface area contributed by atoms with Gasteiger partial charge < -0.3 is 14.2 Å². The Morgan fingerprint density at radius 3 is 2.27 bits per heavy atom. The maximum absolute atomic E-state index is 13.8. The fraction of sp³-hybridized carbons (Fsp3) is 0.452. The van der Waals surface area contributed by atoms with Crippen LogP contribution in [0, 0.1) is 5.92 Å². The quantitative estimate of drug-likeness (QED) is 0.402. The van der Waals surface area contributed by atoms with Gasteiger partial charge in [0.2, 0.25) is 0 Å². The van der Waals surface area contributed by atoms with E-state index in [-0.39, 0.29) is 23.8 Å². The summed E-state index contributed by atoms with van der Waals surface area (Å²) >= 11 is 0. The van der Waals surface area contributed by atoms with E-state index < -0.39 is 11.8 Å². The number of esters is 1. The zero-order valence-electron chi connectivity index (χ0n) is 22.7. The van der Waals surface area contributed by atoms with Crippen molar-refractivity contribution in [1.29, 1.82) is 0 Å². The lowest BCUT2D eigenvalue weighted by Gasteiger charge is -2.38. The Balaban J connectivity index is 1.76. The first-order valence-corrected chi connectivity index (χ1v) is 13.1. The number of Topliss-reactive ketones (excluding diaryl/α,β-unsaturated/α-hetero) is 1. The normalized spacial score (nSPS) is 22.2. The van der Waals surface area contributed by atoms with Crippen LogP contribution in [0.4, 0.5) is 0 Å². The lowest BCUT2D eigenvalue weighted by Crippen LogP contribution is -2.41. The first-order valence-electron chi connectivity index (χ1n) is 13.1. The van der Waals surface area contributed by atoms with Crippen LogP contribution < -0.4 is 9.47 Å². The molecule has 1 unspecified atom stereocenters. The number of methoxy groups -OCH3 is 2. The Labute approximate surface area is 219 Å². The molecule has 0 aromatic heterocycles. The summed E-state index contributed by atoms with van der Waals surface area (Å²) in [5.74, 6) is 0.0951. The number of rotatable bonds is 8. The Hall–Kier alpha value is -3.41. The minimum atomic E-state index is -0.480. The predicted octanol–water partition coefficient (Wildman–Crippen LogP) is 6.18. The summed E-state index contributed by atoms with van der Waals surface area (Å²) in [7, 11) is 3.21. The highest BCUT2D eigenvalue weighted by atomic mass is 16.5. The van der Waals surface area contributed by atoms with Gasteiger partial charge in [-0.1, -0.05) is 44.2 Å². The van der Waals surface area contributed by atoms with Gasteiger partial charge in [0.15, 0.2) is 11.5 Å². The smallest absolute Gasteiger partial charge is 0.336 e. The standard InChI is InChI=1S/C31H37NO5/c1-7-18(3)37-31(34)28-19(4)32-24-15-23(22-13-14-26(35-5)27(17-22)36-6)16-25(33)30(24)29(28)21-11-9-20(8-2)10-12-21/h9-14,17-18,23,29-30H,7-8,15-16H2,1-6H3/t18-,23-,29-,30?/m0/s1. The molecule has 4 rings (SSSR count). The van der Waals surface area contributed by atoms with Crippen LogP contribution >= 0.6 is 0 Å². The zero-order chi connectivity index (χ0) is 26.7. The highest BCUT2D eigenvalue weighted by Crippen LogP contribution is 2.46. The molecular weight excluding hydrogens is 466 g/mol. The fourth-order valence-corrected chi connectivity index (χ4v) is 5.43. The Morgan fingerprint density at radius 1 is 0.973 bits per heavy atom. The van der Waals surface area contributed by atoms with Gasteiger partial charge in [0.1, 0.15) is 5.78 Å². The molecule has 0 N–H and O–H groups in total. The summed E-state index contributed by atoms with van der Waals surface area (Å²) in [5.41, 5.74) is 5.13. The number of aliphatic imine (C=N–C) groups is 1. The topological polar surface area (TPSA) is 74.2 Å². The molecule has 0 bridgehead atoms. The van der Waals surface area contributed by atoms with E-state index in [9.17, 15) is 9.59 Å². The minimum Gasteiger partial charge on any atom is -0.493 e. The van der Waals surface area contributed by atoms with Gasteiger partial charge in [-0.15, -0.1) is 0 Å². The summed E-state index contributed by atoms with van der Waals surface area (Å²) in [6, 6.07) is 14.1. The number of nitrogens with zero attached hydrogens (tertiary/aromatic N) is 1. The third-order valence-electron chi connectivity index (χ3n) is 7.68. The summed E-state index contributed by atoms with van der Waals surface area (Å²) in [5, 5.41) is 0. The van der Waals surface area contributed by atoms with Crippen molar-refractivity contribution in [3.63, 3.8) is 0 Å². The van der Waals surface area contributed by atoms with Crippen LogP contribution in [0.15, 0.2) is 58.7 Å². The number of hydrogen-bond acceptors (Lipinski definition) is 6. The van der Waals surface area contributed by atoms with Crippen molar-refractivity contribution in [3.05, 3.63) is 70.4 Å².